The summed E-state index contributed by atoms with van der Waals surface area (Å²) in [5.41, 5.74) is 3.18. The number of anilines is 1. The van der Waals surface area contributed by atoms with E-state index in [4.69, 9.17) is 4.98 Å². The second-order valence-electron chi connectivity index (χ2n) is 8.45. The maximum Gasteiger partial charge on any atom is 0.260 e. The zero-order chi connectivity index (χ0) is 23.9. The van der Waals surface area contributed by atoms with Gasteiger partial charge in [0.1, 0.15) is 0 Å². The predicted molar refractivity (Wildman–Crippen MR) is 134 cm³/mol. The smallest absolute Gasteiger partial charge is 0.260 e. The Balaban J connectivity index is 1.49. The summed E-state index contributed by atoms with van der Waals surface area (Å²) in [7, 11) is -1.96. The molecule has 2 aromatic heterocycles. The van der Waals surface area contributed by atoms with E-state index in [1.165, 1.54) is 27.8 Å². The van der Waals surface area contributed by atoms with Gasteiger partial charge in [-0.1, -0.05) is 29.5 Å². The number of aryl methyl sites for hydroxylation is 1. The van der Waals surface area contributed by atoms with E-state index >= 15 is 0 Å². The highest BCUT2D eigenvalue weighted by molar-refractivity contribution is 7.89. The second kappa shape index (κ2) is 8.90. The maximum atomic E-state index is 13.6. The largest absolute Gasteiger partial charge is 0.279 e. The molecular weight excluding hydrogens is 468 g/mol. The second-order valence-corrected chi connectivity index (χ2v) is 11.5. The van der Waals surface area contributed by atoms with Gasteiger partial charge in [0.05, 0.1) is 21.7 Å². The molecule has 0 spiro atoms. The Morgan fingerprint density at radius 1 is 1.09 bits per heavy atom. The number of rotatable bonds is 7. The Labute approximate surface area is 202 Å². The van der Waals surface area contributed by atoms with Crippen molar-refractivity contribution in [1.82, 2.24) is 14.3 Å². The van der Waals surface area contributed by atoms with Crippen molar-refractivity contribution in [3.8, 4) is 0 Å². The number of benzene rings is 2. The monoisotopic (exact) mass is 492 g/mol. The molecule has 2 heterocycles. The summed E-state index contributed by atoms with van der Waals surface area (Å²) in [6.45, 7) is 2.30. The van der Waals surface area contributed by atoms with Gasteiger partial charge in [-0.25, -0.2) is 13.4 Å². The Hall–Kier alpha value is -3.14. The number of para-hydroxylation sites is 1. The number of sulfonamides is 1. The van der Waals surface area contributed by atoms with Crippen LogP contribution in [0.4, 0.5) is 5.13 Å². The third kappa shape index (κ3) is 4.34. The van der Waals surface area contributed by atoms with Gasteiger partial charge in [0.15, 0.2) is 5.13 Å². The van der Waals surface area contributed by atoms with E-state index in [2.05, 4.69) is 4.98 Å². The zero-order valence-electron chi connectivity index (χ0n) is 18.9. The molecule has 0 atom stereocenters. The van der Waals surface area contributed by atoms with Crippen LogP contribution in [0.15, 0.2) is 71.9 Å². The van der Waals surface area contributed by atoms with Gasteiger partial charge in [-0.05, 0) is 67.3 Å². The average molecular weight is 493 g/mol. The van der Waals surface area contributed by atoms with Crippen molar-refractivity contribution in [1.29, 1.82) is 0 Å². The van der Waals surface area contributed by atoms with Gasteiger partial charge in [-0.15, -0.1) is 0 Å². The Bertz CT molecular complexity index is 1450. The summed E-state index contributed by atoms with van der Waals surface area (Å²) in [6.07, 6.45) is 5.19. The van der Waals surface area contributed by atoms with Crippen molar-refractivity contribution < 1.29 is 13.2 Å². The summed E-state index contributed by atoms with van der Waals surface area (Å²) in [4.78, 5) is 24.4. The molecule has 0 radical (unpaired) electrons. The summed E-state index contributed by atoms with van der Waals surface area (Å²) in [6, 6.07) is 15.9. The summed E-state index contributed by atoms with van der Waals surface area (Å²) >= 11 is 1.45. The van der Waals surface area contributed by atoms with E-state index in [1.54, 1.807) is 36.5 Å². The topological polar surface area (TPSA) is 83.5 Å². The van der Waals surface area contributed by atoms with E-state index in [1.807, 2.05) is 37.3 Å². The quantitative estimate of drug-likeness (QED) is 0.376. The molecule has 0 N–H and O–H groups in total. The minimum Gasteiger partial charge on any atom is -0.279 e. The van der Waals surface area contributed by atoms with E-state index in [-0.39, 0.29) is 16.8 Å². The average Bonchev–Trinajstić information content (AvgIpc) is 3.61. The van der Waals surface area contributed by atoms with Crippen molar-refractivity contribution in [3.05, 3.63) is 83.7 Å². The summed E-state index contributed by atoms with van der Waals surface area (Å²) in [5.74, 6) is -0.250. The SMILES string of the molecule is Cc1cccc2sc(N(Cc3cccnc3)C(=O)c3ccc(S(=O)(=O)N(C)C4CC4)cc3)nc12. The standard InChI is InChI=1S/C25H24N4O3S2/c1-17-5-3-7-22-23(17)27-25(33-22)29(16-18-6-4-14-26-15-18)24(30)19-8-12-21(13-9-19)34(31,32)28(2)20-10-11-20/h3-9,12-15,20H,10-11,16H2,1-2H3. The zero-order valence-corrected chi connectivity index (χ0v) is 20.5. The minimum absolute atomic E-state index is 0.0729. The molecule has 5 rings (SSSR count). The van der Waals surface area contributed by atoms with Gasteiger partial charge < -0.3 is 0 Å². The van der Waals surface area contributed by atoms with Gasteiger partial charge in [0.25, 0.3) is 5.91 Å². The fraction of sp³-hybridized carbons (Fsp3) is 0.240. The van der Waals surface area contributed by atoms with Crippen molar-refractivity contribution in [2.45, 2.75) is 37.2 Å². The van der Waals surface area contributed by atoms with E-state index < -0.39 is 10.0 Å². The van der Waals surface area contributed by atoms with Crippen LogP contribution in [0.3, 0.4) is 0 Å². The summed E-state index contributed by atoms with van der Waals surface area (Å²) in [5, 5.41) is 0.586. The van der Waals surface area contributed by atoms with Crippen LogP contribution in [0.1, 0.15) is 34.3 Å². The first kappa shape index (κ1) is 22.6. The predicted octanol–water partition coefficient (Wildman–Crippen LogP) is 4.63. The highest BCUT2D eigenvalue weighted by Crippen LogP contribution is 2.33. The van der Waals surface area contributed by atoms with Crippen LogP contribution in [-0.2, 0) is 16.6 Å². The lowest BCUT2D eigenvalue weighted by Crippen LogP contribution is -2.31. The van der Waals surface area contributed by atoms with Gasteiger partial charge in [-0.3, -0.25) is 14.7 Å². The van der Waals surface area contributed by atoms with Gasteiger partial charge in [0, 0.05) is 31.0 Å². The number of hydrogen-bond donors (Lipinski definition) is 0. The molecule has 0 saturated heterocycles. The number of carbonyl (C=O) groups is 1. The Morgan fingerprint density at radius 2 is 1.85 bits per heavy atom. The number of thiazole rings is 1. The lowest BCUT2D eigenvalue weighted by molar-refractivity contribution is 0.0985. The first-order chi connectivity index (χ1) is 16.3. The molecule has 0 bridgehead atoms. The Morgan fingerprint density at radius 3 is 2.50 bits per heavy atom. The molecule has 0 aliphatic heterocycles. The normalized spacial score (nSPS) is 14.0. The molecule has 4 aromatic rings. The first-order valence-electron chi connectivity index (χ1n) is 11.0. The molecule has 1 saturated carbocycles. The minimum atomic E-state index is -3.57. The Kier molecular flexibility index (Phi) is 5.93. The fourth-order valence-electron chi connectivity index (χ4n) is 3.82. The molecule has 9 heteroatoms. The molecule has 1 fully saturated rings. The lowest BCUT2D eigenvalue weighted by Gasteiger charge is -2.20. The molecule has 1 aliphatic carbocycles. The molecule has 2 aromatic carbocycles. The van der Waals surface area contributed by atoms with Crippen LogP contribution >= 0.6 is 11.3 Å². The van der Waals surface area contributed by atoms with Crippen molar-refractivity contribution in [2.24, 2.45) is 0 Å². The highest BCUT2D eigenvalue weighted by Gasteiger charge is 2.35. The lowest BCUT2D eigenvalue weighted by atomic mass is 10.2. The number of amides is 1. The van der Waals surface area contributed by atoms with Crippen LogP contribution in [0.2, 0.25) is 0 Å². The number of pyridine rings is 1. The third-order valence-corrected chi connectivity index (χ3v) is 8.96. The van der Waals surface area contributed by atoms with Crippen LogP contribution in [-0.4, -0.2) is 41.7 Å². The van der Waals surface area contributed by atoms with E-state index in [0.717, 1.165) is 34.2 Å². The third-order valence-electron chi connectivity index (χ3n) is 5.99. The highest BCUT2D eigenvalue weighted by atomic mass is 32.2. The molecule has 1 amide bonds. The summed E-state index contributed by atoms with van der Waals surface area (Å²) < 4.78 is 28.1. The molecule has 7 nitrogen and oxygen atoms in total. The molecule has 1 aliphatic rings. The van der Waals surface area contributed by atoms with E-state index in [0.29, 0.717) is 17.2 Å². The van der Waals surface area contributed by atoms with Crippen molar-refractivity contribution in [2.75, 3.05) is 11.9 Å². The number of nitrogens with zero attached hydrogens (tertiary/aromatic N) is 4. The number of fused-ring (bicyclic) bond motifs is 1. The fourth-order valence-corrected chi connectivity index (χ4v) is 6.27. The van der Waals surface area contributed by atoms with Gasteiger partial charge >= 0.3 is 0 Å². The van der Waals surface area contributed by atoms with Crippen LogP contribution in [0.5, 0.6) is 0 Å². The number of carbonyl (C=O) groups excluding carboxylic acids is 1. The molecule has 34 heavy (non-hydrogen) atoms. The molecule has 0 unspecified atom stereocenters. The number of aromatic nitrogens is 2. The van der Waals surface area contributed by atoms with Crippen molar-refractivity contribution in [3.63, 3.8) is 0 Å². The first-order valence-corrected chi connectivity index (χ1v) is 13.3. The van der Waals surface area contributed by atoms with Crippen LogP contribution < -0.4 is 4.90 Å². The van der Waals surface area contributed by atoms with Crippen molar-refractivity contribution >= 4 is 42.6 Å². The molecule has 174 valence electrons. The van der Waals surface area contributed by atoms with Gasteiger partial charge in [0.2, 0.25) is 10.0 Å². The molecular formula is C25H24N4O3S2. The van der Waals surface area contributed by atoms with Gasteiger partial charge in [-0.2, -0.15) is 4.31 Å². The number of hydrogen-bond acceptors (Lipinski definition) is 6. The van der Waals surface area contributed by atoms with E-state index in [9.17, 15) is 13.2 Å². The maximum absolute atomic E-state index is 13.6. The van der Waals surface area contributed by atoms with Crippen LogP contribution in [0.25, 0.3) is 10.2 Å². The van der Waals surface area contributed by atoms with Crippen LogP contribution in [0, 0.1) is 6.92 Å².